The van der Waals surface area contributed by atoms with Crippen LogP contribution in [0, 0.1) is 17.8 Å². The van der Waals surface area contributed by atoms with E-state index >= 15 is 0 Å². The summed E-state index contributed by atoms with van der Waals surface area (Å²) in [6, 6.07) is 10.00. The summed E-state index contributed by atoms with van der Waals surface area (Å²) >= 11 is 0. The molecule has 12 nitrogen and oxygen atoms in total. The van der Waals surface area contributed by atoms with Crippen molar-refractivity contribution in [2.75, 3.05) is 33.2 Å². The van der Waals surface area contributed by atoms with Crippen LogP contribution < -0.4 is 14.2 Å². The second kappa shape index (κ2) is 17.0. The zero-order chi connectivity index (χ0) is 38.5. The molecule has 3 N–H and O–H groups in total. The van der Waals surface area contributed by atoms with Gasteiger partial charge >= 0.3 is 6.09 Å². The molecule has 6 atom stereocenters. The molecule has 2 aromatic carbocycles. The number of unbranched alkanes of at least 4 members (excludes halogenated alkanes) is 2. The van der Waals surface area contributed by atoms with E-state index in [1.54, 1.807) is 36.1 Å². The summed E-state index contributed by atoms with van der Waals surface area (Å²) in [5.41, 5.74) is 2.63. The van der Waals surface area contributed by atoms with Gasteiger partial charge in [-0.05, 0) is 107 Å². The highest BCUT2D eigenvalue weighted by molar-refractivity contribution is 6.03. The van der Waals surface area contributed by atoms with Crippen molar-refractivity contribution in [1.82, 2.24) is 4.90 Å². The quantitative estimate of drug-likeness (QED) is 0.0914. The molecule has 0 radical (unpaired) electrons. The lowest BCUT2D eigenvalue weighted by Gasteiger charge is -2.59. The number of carbonyl (C=O) groups is 1. The zero-order valence-corrected chi connectivity index (χ0v) is 32.0. The van der Waals surface area contributed by atoms with Crippen LogP contribution in [0.4, 0.5) is 4.79 Å². The molecule has 2 aromatic rings. The van der Waals surface area contributed by atoms with Gasteiger partial charge in [-0.25, -0.2) is 4.79 Å². The summed E-state index contributed by atoms with van der Waals surface area (Å²) in [4.78, 5) is 22.2. The van der Waals surface area contributed by atoms with Crippen LogP contribution in [0.5, 0.6) is 23.0 Å². The highest BCUT2D eigenvalue weighted by Gasteiger charge is 2.65. The van der Waals surface area contributed by atoms with Gasteiger partial charge < -0.3 is 43.8 Å². The Balaban J connectivity index is 1.59. The molecule has 1 saturated carbocycles. The molecular formula is C42H56N2O10. The van der Waals surface area contributed by atoms with E-state index in [1.807, 2.05) is 39.0 Å². The van der Waals surface area contributed by atoms with Gasteiger partial charge in [0.15, 0.2) is 11.5 Å². The Morgan fingerprint density at radius 3 is 2.50 bits per heavy atom. The standard InChI is InChI=1S/C42H56N2O10/c1-6-20-52-42-37(44(40(48)49-7-2)25-27-14-16-35-36(21-27)51-26-50-35)24-33(43-54-41(3,4)5)31-22-28(12-8-10-18-45)30(13-9-11-19-46)38(39(31)42)32-23-29(47)15-17-34(32)53-42/h6,14-17,21-23,28,30,37-39,45-47H,1,7-13,18-20,24-26H2,2-5H3. The van der Waals surface area contributed by atoms with E-state index in [4.69, 9.17) is 33.7 Å². The van der Waals surface area contributed by atoms with Crippen molar-refractivity contribution in [3.63, 3.8) is 0 Å². The van der Waals surface area contributed by atoms with E-state index < -0.39 is 29.4 Å². The largest absolute Gasteiger partial charge is 0.508 e. The number of carbonyl (C=O) groups excluding carboxylic acids is 1. The lowest BCUT2D eigenvalue weighted by Crippen LogP contribution is -2.70. The van der Waals surface area contributed by atoms with Crippen LogP contribution in [0.3, 0.4) is 0 Å². The molecule has 12 heteroatoms. The number of phenols is 1. The highest BCUT2D eigenvalue weighted by atomic mass is 16.7. The molecule has 2 heterocycles. The first kappa shape index (κ1) is 39.4. The molecule has 0 saturated heterocycles. The lowest BCUT2D eigenvalue weighted by atomic mass is 9.55. The topological polar surface area (TPSA) is 149 Å². The van der Waals surface area contributed by atoms with Crippen molar-refractivity contribution < 1.29 is 48.6 Å². The number of ether oxygens (including phenoxy) is 5. The van der Waals surface area contributed by atoms with Gasteiger partial charge in [0.25, 0.3) is 0 Å². The molecular weight excluding hydrogens is 692 g/mol. The number of nitrogens with zero attached hydrogens (tertiary/aromatic N) is 2. The number of aliphatic hydroxyl groups is 2. The SMILES string of the molecule is C=CCOC12Oc3ccc(O)cc3C3C(CCCCO)C(CCCCO)C=C(C(=NOC(C)(C)C)CC1N(Cc1ccc4c(c1)OCO4)C(=O)OCC)C32. The van der Waals surface area contributed by atoms with Gasteiger partial charge in [0.05, 0.1) is 24.8 Å². The van der Waals surface area contributed by atoms with Crippen LogP contribution in [0.25, 0.3) is 0 Å². The van der Waals surface area contributed by atoms with Gasteiger partial charge in [0, 0.05) is 37.7 Å². The maximum Gasteiger partial charge on any atom is 0.410 e. The molecule has 54 heavy (non-hydrogen) atoms. The number of fused-ring (bicyclic) bond motifs is 3. The minimum absolute atomic E-state index is 0.0357. The smallest absolute Gasteiger partial charge is 0.410 e. The molecule has 1 amide bonds. The molecule has 6 unspecified atom stereocenters. The Morgan fingerprint density at radius 1 is 1.04 bits per heavy atom. The van der Waals surface area contributed by atoms with E-state index in [0.29, 0.717) is 35.8 Å². The monoisotopic (exact) mass is 748 g/mol. The minimum atomic E-state index is -1.45. The first-order valence-electron chi connectivity index (χ1n) is 19.3. The lowest BCUT2D eigenvalue weighted by molar-refractivity contribution is -0.256. The number of allylic oxidation sites excluding steroid dienone is 1. The van der Waals surface area contributed by atoms with E-state index in [1.165, 1.54) is 0 Å². The van der Waals surface area contributed by atoms with Gasteiger partial charge in [-0.15, -0.1) is 6.58 Å². The van der Waals surface area contributed by atoms with Gasteiger partial charge in [-0.2, -0.15) is 0 Å². The van der Waals surface area contributed by atoms with E-state index in [9.17, 15) is 20.1 Å². The number of aromatic hydroxyl groups is 1. The van der Waals surface area contributed by atoms with E-state index in [0.717, 1.165) is 42.4 Å². The fraction of sp³-hybridized carbons (Fsp3) is 0.571. The molecule has 294 valence electrons. The third kappa shape index (κ3) is 8.21. The Labute approximate surface area is 318 Å². The van der Waals surface area contributed by atoms with Gasteiger partial charge in [-0.1, -0.05) is 36.2 Å². The predicted octanol–water partition coefficient (Wildman–Crippen LogP) is 7.21. The van der Waals surface area contributed by atoms with Crippen LogP contribution in [0.15, 0.2) is 65.9 Å². The molecule has 1 fully saturated rings. The van der Waals surface area contributed by atoms with Gasteiger partial charge in [0.1, 0.15) is 23.1 Å². The summed E-state index contributed by atoms with van der Waals surface area (Å²) in [6.07, 6.45) is 8.19. The third-order valence-electron chi connectivity index (χ3n) is 10.8. The first-order valence-corrected chi connectivity index (χ1v) is 19.3. The molecule has 0 spiro atoms. The number of rotatable bonds is 16. The average Bonchev–Trinajstić information content (AvgIpc) is 3.62. The maximum atomic E-state index is 14.3. The summed E-state index contributed by atoms with van der Waals surface area (Å²) in [5, 5.41) is 35.4. The van der Waals surface area contributed by atoms with Crippen molar-refractivity contribution in [3.8, 4) is 23.0 Å². The van der Waals surface area contributed by atoms with E-state index in [-0.39, 0.29) is 69.7 Å². The van der Waals surface area contributed by atoms with Crippen molar-refractivity contribution in [3.05, 3.63) is 71.8 Å². The number of hydrogen-bond donors (Lipinski definition) is 3. The van der Waals surface area contributed by atoms with E-state index in [2.05, 4.69) is 12.7 Å². The molecule has 6 rings (SSSR count). The average molecular weight is 749 g/mol. The van der Waals surface area contributed by atoms with Gasteiger partial charge in [0.2, 0.25) is 12.6 Å². The third-order valence-corrected chi connectivity index (χ3v) is 10.8. The number of oxime groups is 1. The van der Waals surface area contributed by atoms with Crippen molar-refractivity contribution >= 4 is 11.8 Å². The summed E-state index contributed by atoms with van der Waals surface area (Å²) in [7, 11) is 0. The Kier molecular flexibility index (Phi) is 12.4. The summed E-state index contributed by atoms with van der Waals surface area (Å²) < 4.78 is 31.2. The zero-order valence-electron chi connectivity index (χ0n) is 32.0. The van der Waals surface area contributed by atoms with Crippen molar-refractivity contribution in [1.29, 1.82) is 0 Å². The number of amides is 1. The van der Waals surface area contributed by atoms with Gasteiger partial charge in [-0.3, -0.25) is 4.90 Å². The van der Waals surface area contributed by atoms with Crippen LogP contribution in [-0.2, 0) is 20.9 Å². The first-order chi connectivity index (χ1) is 26.0. The second-order valence-electron chi connectivity index (χ2n) is 15.5. The van der Waals surface area contributed by atoms with Crippen molar-refractivity contribution in [2.24, 2.45) is 22.9 Å². The number of hydrogen-bond acceptors (Lipinski definition) is 11. The number of phenolic OH excluding ortho intramolecular Hbond substituents is 1. The maximum absolute atomic E-state index is 14.3. The number of benzene rings is 2. The van der Waals surface area contributed by atoms with Crippen LogP contribution >= 0.6 is 0 Å². The molecule has 2 aliphatic heterocycles. The summed E-state index contributed by atoms with van der Waals surface area (Å²) in [6.45, 7) is 12.3. The predicted molar refractivity (Wildman–Crippen MR) is 203 cm³/mol. The second-order valence-corrected chi connectivity index (χ2v) is 15.5. The van der Waals surface area contributed by atoms with Crippen molar-refractivity contribution in [2.45, 2.75) is 103 Å². The summed E-state index contributed by atoms with van der Waals surface area (Å²) in [5.74, 6) is -0.196. The Morgan fingerprint density at radius 2 is 1.78 bits per heavy atom. The molecule has 2 aliphatic carbocycles. The fourth-order valence-corrected chi connectivity index (χ4v) is 8.59. The molecule has 0 bridgehead atoms. The normalized spacial score (nSPS) is 25.9. The van der Waals surface area contributed by atoms with Crippen LogP contribution in [0.1, 0.15) is 89.7 Å². The molecule has 0 aromatic heterocycles. The Bertz CT molecular complexity index is 1700. The molecule has 4 aliphatic rings. The fourth-order valence-electron chi connectivity index (χ4n) is 8.59. The minimum Gasteiger partial charge on any atom is -0.508 e. The Hall–Kier alpha value is -4.26. The highest BCUT2D eigenvalue weighted by Crippen LogP contribution is 2.62. The van der Waals surface area contributed by atoms with Crippen LogP contribution in [0.2, 0.25) is 0 Å². The number of aliphatic hydroxyl groups excluding tert-OH is 2. The van der Waals surface area contributed by atoms with Crippen LogP contribution in [-0.4, -0.2) is 82.7 Å².